The van der Waals surface area contributed by atoms with Gasteiger partial charge < -0.3 is 14.4 Å². The Labute approximate surface area is 217 Å². The van der Waals surface area contributed by atoms with Gasteiger partial charge in [0.2, 0.25) is 0 Å². The first-order valence-electron chi connectivity index (χ1n) is 11.8. The zero-order valence-electron chi connectivity index (χ0n) is 19.6. The third kappa shape index (κ3) is 5.45. The molecule has 0 radical (unpaired) electrons. The summed E-state index contributed by atoms with van der Waals surface area (Å²) in [5.74, 6) is -0.329. The summed E-state index contributed by atoms with van der Waals surface area (Å²) in [5.41, 5.74) is 1.40. The molecule has 2 aliphatic rings. The average Bonchev–Trinajstić information content (AvgIpc) is 3.32. The highest BCUT2D eigenvalue weighted by Crippen LogP contribution is 2.34. The van der Waals surface area contributed by atoms with E-state index >= 15 is 0 Å². The van der Waals surface area contributed by atoms with Crippen molar-refractivity contribution in [2.75, 3.05) is 75.5 Å². The van der Waals surface area contributed by atoms with E-state index in [0.717, 1.165) is 23.3 Å². The van der Waals surface area contributed by atoms with E-state index in [0.29, 0.717) is 68.4 Å². The molecule has 10 nitrogen and oxygen atoms in total. The van der Waals surface area contributed by atoms with E-state index in [9.17, 15) is 14.9 Å². The molecule has 0 spiro atoms. The zero-order chi connectivity index (χ0) is 25.1. The van der Waals surface area contributed by atoms with Gasteiger partial charge in [0.05, 0.1) is 41.6 Å². The number of morpholine rings is 2. The smallest absolute Gasteiger partial charge is 0.293 e. The van der Waals surface area contributed by atoms with Crippen molar-refractivity contribution in [2.45, 2.75) is 0 Å². The fraction of sp³-hybridized carbons (Fsp3) is 0.417. The summed E-state index contributed by atoms with van der Waals surface area (Å²) in [4.78, 5) is 35.7. The highest BCUT2D eigenvalue weighted by molar-refractivity contribution is 7.22. The Kier molecular flexibility index (Phi) is 7.63. The van der Waals surface area contributed by atoms with Crippen LogP contribution < -0.4 is 9.80 Å². The molecule has 3 heterocycles. The van der Waals surface area contributed by atoms with Crippen LogP contribution in [-0.4, -0.2) is 86.4 Å². The van der Waals surface area contributed by atoms with Crippen molar-refractivity contribution in [3.05, 3.63) is 57.1 Å². The molecule has 0 unspecified atom stereocenters. The van der Waals surface area contributed by atoms with Crippen LogP contribution in [0.3, 0.4) is 0 Å². The minimum Gasteiger partial charge on any atom is -0.379 e. The van der Waals surface area contributed by atoms with Crippen molar-refractivity contribution < 1.29 is 19.2 Å². The molecule has 0 atom stereocenters. The molecule has 2 aliphatic heterocycles. The minimum atomic E-state index is -0.431. The Morgan fingerprint density at radius 1 is 1.08 bits per heavy atom. The number of thiazole rings is 1. The summed E-state index contributed by atoms with van der Waals surface area (Å²) in [6, 6.07) is 10.1. The molecular formula is C24H26ClN5O5S. The van der Waals surface area contributed by atoms with E-state index in [1.165, 1.54) is 17.4 Å². The minimum absolute atomic E-state index is 0.0908. The number of benzene rings is 2. The molecule has 1 amide bonds. The van der Waals surface area contributed by atoms with Crippen LogP contribution in [0.25, 0.3) is 10.2 Å². The second-order valence-electron chi connectivity index (χ2n) is 8.58. The van der Waals surface area contributed by atoms with Crippen LogP contribution >= 0.6 is 22.9 Å². The molecular weight excluding hydrogens is 506 g/mol. The fourth-order valence-electron chi connectivity index (χ4n) is 4.38. The number of rotatable bonds is 7. The summed E-state index contributed by atoms with van der Waals surface area (Å²) in [7, 11) is 0. The SMILES string of the molecule is O=C(c1ccc(N2CCOCC2)c([N+](=O)[O-])c1)N(CCN1CCOCC1)c1nc2ccc(Cl)cc2s1. The lowest BCUT2D eigenvalue weighted by molar-refractivity contribution is -0.384. The number of carbonyl (C=O) groups excluding carboxylic acids is 1. The number of nitro benzene ring substituents is 1. The topological polar surface area (TPSA) is 101 Å². The summed E-state index contributed by atoms with van der Waals surface area (Å²) < 4.78 is 11.7. The molecule has 2 aromatic carbocycles. The maximum atomic E-state index is 13.8. The van der Waals surface area contributed by atoms with Crippen molar-refractivity contribution in [2.24, 2.45) is 0 Å². The Balaban J connectivity index is 1.46. The van der Waals surface area contributed by atoms with Crippen molar-refractivity contribution in [3.63, 3.8) is 0 Å². The van der Waals surface area contributed by atoms with E-state index in [2.05, 4.69) is 9.88 Å². The van der Waals surface area contributed by atoms with Gasteiger partial charge >= 0.3 is 0 Å². The molecule has 190 valence electrons. The molecule has 0 aliphatic carbocycles. The van der Waals surface area contributed by atoms with E-state index < -0.39 is 4.92 Å². The van der Waals surface area contributed by atoms with Crippen LogP contribution in [0.15, 0.2) is 36.4 Å². The molecule has 3 aromatic rings. The number of nitro groups is 1. The molecule has 0 N–H and O–H groups in total. The number of nitrogens with zero attached hydrogens (tertiary/aromatic N) is 5. The Bertz CT molecular complexity index is 1260. The number of amides is 1. The molecule has 36 heavy (non-hydrogen) atoms. The number of aromatic nitrogens is 1. The Morgan fingerprint density at radius 3 is 2.53 bits per heavy atom. The molecule has 2 saturated heterocycles. The van der Waals surface area contributed by atoms with Gasteiger partial charge in [-0.3, -0.25) is 24.7 Å². The van der Waals surface area contributed by atoms with E-state index in [4.69, 9.17) is 21.1 Å². The van der Waals surface area contributed by atoms with Gasteiger partial charge in [-0.25, -0.2) is 4.98 Å². The number of carbonyl (C=O) groups is 1. The highest BCUT2D eigenvalue weighted by Gasteiger charge is 2.27. The van der Waals surface area contributed by atoms with Gasteiger partial charge in [-0.15, -0.1) is 0 Å². The first kappa shape index (κ1) is 24.8. The molecule has 1 aromatic heterocycles. The predicted octanol–water partition coefficient (Wildman–Crippen LogP) is 3.67. The van der Waals surface area contributed by atoms with Gasteiger partial charge in [0.25, 0.3) is 11.6 Å². The van der Waals surface area contributed by atoms with Crippen LogP contribution in [0, 0.1) is 10.1 Å². The van der Waals surface area contributed by atoms with Crippen molar-refractivity contribution in [1.29, 1.82) is 0 Å². The van der Waals surface area contributed by atoms with Crippen molar-refractivity contribution in [1.82, 2.24) is 9.88 Å². The quantitative estimate of drug-likeness (QED) is 0.336. The van der Waals surface area contributed by atoms with Gasteiger partial charge in [-0.2, -0.15) is 0 Å². The number of hydrogen-bond donors (Lipinski definition) is 0. The van der Waals surface area contributed by atoms with Gasteiger partial charge in [0.15, 0.2) is 5.13 Å². The van der Waals surface area contributed by atoms with Crippen LogP contribution in [0.1, 0.15) is 10.4 Å². The predicted molar refractivity (Wildman–Crippen MR) is 140 cm³/mol. The lowest BCUT2D eigenvalue weighted by Crippen LogP contribution is -2.43. The third-order valence-electron chi connectivity index (χ3n) is 6.33. The van der Waals surface area contributed by atoms with Crippen LogP contribution in [0.5, 0.6) is 0 Å². The van der Waals surface area contributed by atoms with Crippen molar-refractivity contribution in [3.8, 4) is 0 Å². The van der Waals surface area contributed by atoms with E-state index in [-0.39, 0.29) is 17.2 Å². The van der Waals surface area contributed by atoms with Crippen LogP contribution in [0.2, 0.25) is 5.02 Å². The maximum absolute atomic E-state index is 13.8. The summed E-state index contributed by atoms with van der Waals surface area (Å²) in [6.45, 7) is 6.07. The normalized spacial score (nSPS) is 16.9. The number of anilines is 2. The number of fused-ring (bicyclic) bond motifs is 1. The van der Waals surface area contributed by atoms with Crippen LogP contribution in [-0.2, 0) is 9.47 Å². The maximum Gasteiger partial charge on any atom is 0.293 e. The lowest BCUT2D eigenvalue weighted by atomic mass is 10.1. The largest absolute Gasteiger partial charge is 0.379 e. The first-order valence-corrected chi connectivity index (χ1v) is 13.0. The number of ether oxygens (including phenoxy) is 2. The third-order valence-corrected chi connectivity index (χ3v) is 7.61. The molecule has 0 saturated carbocycles. The number of hydrogen-bond acceptors (Lipinski definition) is 9. The number of halogens is 1. The van der Waals surface area contributed by atoms with Gasteiger partial charge in [0, 0.05) is 55.9 Å². The van der Waals surface area contributed by atoms with Gasteiger partial charge in [0.1, 0.15) is 5.69 Å². The molecule has 0 bridgehead atoms. The van der Waals surface area contributed by atoms with Crippen LogP contribution in [0.4, 0.5) is 16.5 Å². The molecule has 5 rings (SSSR count). The second kappa shape index (κ2) is 11.1. The monoisotopic (exact) mass is 531 g/mol. The van der Waals surface area contributed by atoms with E-state index in [1.54, 1.807) is 23.1 Å². The standard InChI is InChI=1S/C24H26ClN5O5S/c25-18-2-3-19-22(16-18)36-24(26-19)29(6-5-27-7-11-34-12-8-27)23(31)17-1-4-20(21(15-17)30(32)33)28-9-13-35-14-10-28/h1-4,15-16H,5-14H2. The highest BCUT2D eigenvalue weighted by atomic mass is 35.5. The molecule has 12 heteroatoms. The summed E-state index contributed by atoms with van der Waals surface area (Å²) in [5, 5.41) is 13.1. The van der Waals surface area contributed by atoms with E-state index in [1.807, 2.05) is 17.0 Å². The second-order valence-corrected chi connectivity index (χ2v) is 10.0. The Hall–Kier alpha value is -2.83. The zero-order valence-corrected chi connectivity index (χ0v) is 21.2. The first-order chi connectivity index (χ1) is 17.5. The van der Waals surface area contributed by atoms with Crippen molar-refractivity contribution >= 4 is 55.6 Å². The summed E-state index contributed by atoms with van der Waals surface area (Å²) >= 11 is 7.53. The van der Waals surface area contributed by atoms with Gasteiger partial charge in [-0.05, 0) is 30.3 Å². The van der Waals surface area contributed by atoms with Gasteiger partial charge in [-0.1, -0.05) is 22.9 Å². The lowest BCUT2D eigenvalue weighted by Gasteiger charge is -2.30. The average molecular weight is 532 g/mol. The fourth-order valence-corrected chi connectivity index (χ4v) is 5.65. The summed E-state index contributed by atoms with van der Waals surface area (Å²) in [6.07, 6.45) is 0. The molecule has 2 fully saturated rings. The Morgan fingerprint density at radius 2 is 1.81 bits per heavy atom.